The van der Waals surface area contributed by atoms with E-state index in [0.717, 1.165) is 35.1 Å². The summed E-state index contributed by atoms with van der Waals surface area (Å²) in [4.78, 5) is 1.83. The van der Waals surface area contributed by atoms with Crippen molar-refractivity contribution < 1.29 is 0 Å². The molecular formula is C40H44N6. The monoisotopic (exact) mass is 608 g/mol. The molecule has 0 spiro atoms. The van der Waals surface area contributed by atoms with Crippen LogP contribution in [0.3, 0.4) is 0 Å². The van der Waals surface area contributed by atoms with E-state index in [9.17, 15) is 0 Å². The zero-order valence-electron chi connectivity index (χ0n) is 27.2. The van der Waals surface area contributed by atoms with Crippen LogP contribution in [0.2, 0.25) is 0 Å². The summed E-state index contributed by atoms with van der Waals surface area (Å²) in [5.41, 5.74) is 18.4. The minimum absolute atomic E-state index is 0.0613. The van der Waals surface area contributed by atoms with Crippen LogP contribution in [0.4, 0.5) is 11.4 Å². The molecule has 0 saturated heterocycles. The summed E-state index contributed by atoms with van der Waals surface area (Å²) >= 11 is 0. The number of allylic oxidation sites excluding steroid dienone is 4. The molecule has 2 atom stereocenters. The molecule has 4 N–H and O–H groups in total. The summed E-state index contributed by atoms with van der Waals surface area (Å²) in [6.07, 6.45) is 10.5. The van der Waals surface area contributed by atoms with Crippen molar-refractivity contribution in [3.05, 3.63) is 161 Å². The van der Waals surface area contributed by atoms with Gasteiger partial charge in [-0.15, -0.1) is 15.0 Å². The number of nitrogens with two attached hydrogens (primary N) is 2. The van der Waals surface area contributed by atoms with E-state index >= 15 is 0 Å². The molecule has 46 heavy (non-hydrogen) atoms. The normalized spacial score (nSPS) is 18.0. The molecule has 0 saturated carbocycles. The maximum atomic E-state index is 6.71. The molecule has 1 aromatic heterocycles. The molecule has 0 radical (unpaired) electrons. The standard InChI is InChI=1S/C40H44N6/c1-28(2)26-34-33(23-24-36(41)37(34)42)35-22-14-15-25-39(35,27-29(3)4)38-43-45-46(44-38)40(30-16-8-5-9-17-30,31-18-10-6-11-19-31)32-20-12-7-13-21-32/h5-25,28-29,35H,26-27,41-42H2,1-4H3. The van der Waals surface area contributed by atoms with Gasteiger partial charge >= 0.3 is 0 Å². The average Bonchev–Trinajstić information content (AvgIpc) is 3.57. The molecule has 0 aliphatic heterocycles. The highest BCUT2D eigenvalue weighted by Crippen LogP contribution is 2.49. The van der Waals surface area contributed by atoms with Crippen molar-refractivity contribution in [1.29, 1.82) is 0 Å². The molecule has 4 aromatic carbocycles. The summed E-state index contributed by atoms with van der Waals surface area (Å²) in [6, 6.07) is 35.5. The fraction of sp³-hybridized carbons (Fsp3) is 0.275. The maximum Gasteiger partial charge on any atom is 0.185 e. The largest absolute Gasteiger partial charge is 0.397 e. The van der Waals surface area contributed by atoms with E-state index in [1.54, 1.807) is 0 Å². The molecule has 5 aromatic rings. The van der Waals surface area contributed by atoms with Crippen molar-refractivity contribution in [1.82, 2.24) is 20.2 Å². The lowest BCUT2D eigenvalue weighted by atomic mass is 9.64. The second kappa shape index (κ2) is 12.8. The number of hydrogen-bond donors (Lipinski definition) is 2. The van der Waals surface area contributed by atoms with Gasteiger partial charge in [0.15, 0.2) is 11.4 Å². The smallest absolute Gasteiger partial charge is 0.185 e. The Hall–Kier alpha value is -4.97. The van der Waals surface area contributed by atoms with E-state index in [1.807, 2.05) is 29.1 Å². The van der Waals surface area contributed by atoms with E-state index in [0.29, 0.717) is 29.0 Å². The van der Waals surface area contributed by atoms with E-state index in [2.05, 4.69) is 131 Å². The molecule has 6 nitrogen and oxygen atoms in total. The molecule has 0 bridgehead atoms. The van der Waals surface area contributed by atoms with Crippen LogP contribution >= 0.6 is 0 Å². The van der Waals surface area contributed by atoms with Crippen molar-refractivity contribution in [2.24, 2.45) is 11.8 Å². The molecule has 0 fully saturated rings. The first-order valence-corrected chi connectivity index (χ1v) is 16.3. The second-order valence-corrected chi connectivity index (χ2v) is 13.3. The highest BCUT2D eigenvalue weighted by atomic mass is 15.6. The van der Waals surface area contributed by atoms with E-state index < -0.39 is 11.0 Å². The number of benzene rings is 4. The number of anilines is 2. The zero-order valence-corrected chi connectivity index (χ0v) is 27.2. The van der Waals surface area contributed by atoms with Crippen LogP contribution in [0.25, 0.3) is 0 Å². The number of nitrogens with zero attached hydrogens (tertiary/aromatic N) is 4. The van der Waals surface area contributed by atoms with E-state index in [1.165, 1.54) is 5.56 Å². The number of nitrogen functional groups attached to an aromatic ring is 2. The van der Waals surface area contributed by atoms with Crippen LogP contribution in [0.5, 0.6) is 0 Å². The lowest BCUT2D eigenvalue weighted by Gasteiger charge is -2.39. The third kappa shape index (κ3) is 5.42. The SMILES string of the molecule is CC(C)Cc1c(C2C=CC=CC2(CC(C)C)c2nnn(C(c3ccccc3)(c3ccccc3)c3ccccc3)n2)ccc(N)c1N. The number of tetrazole rings is 1. The van der Waals surface area contributed by atoms with Gasteiger partial charge in [-0.05, 0) is 63.8 Å². The van der Waals surface area contributed by atoms with Crippen LogP contribution in [0.15, 0.2) is 127 Å². The molecule has 1 aliphatic rings. The van der Waals surface area contributed by atoms with Gasteiger partial charge in [-0.2, -0.15) is 0 Å². The predicted molar refractivity (Wildman–Crippen MR) is 188 cm³/mol. The van der Waals surface area contributed by atoms with Gasteiger partial charge in [0, 0.05) is 5.92 Å². The molecule has 0 amide bonds. The van der Waals surface area contributed by atoms with Gasteiger partial charge in [-0.1, -0.05) is 149 Å². The Balaban J connectivity index is 1.61. The van der Waals surface area contributed by atoms with Gasteiger partial charge < -0.3 is 11.5 Å². The average molecular weight is 609 g/mol. The fourth-order valence-electron chi connectivity index (χ4n) is 7.29. The first-order chi connectivity index (χ1) is 22.3. The van der Waals surface area contributed by atoms with Crippen LogP contribution in [0.1, 0.15) is 73.7 Å². The van der Waals surface area contributed by atoms with Crippen LogP contribution in [-0.4, -0.2) is 20.2 Å². The predicted octanol–water partition coefficient (Wildman–Crippen LogP) is 8.07. The molecule has 1 aliphatic carbocycles. The van der Waals surface area contributed by atoms with Crippen LogP contribution in [0, 0.1) is 11.8 Å². The van der Waals surface area contributed by atoms with Gasteiger partial charge in [-0.25, -0.2) is 0 Å². The molecule has 6 heteroatoms. The van der Waals surface area contributed by atoms with Gasteiger partial charge in [0.25, 0.3) is 0 Å². The maximum absolute atomic E-state index is 6.71. The molecular weight excluding hydrogens is 564 g/mol. The quantitative estimate of drug-likeness (QED) is 0.123. The summed E-state index contributed by atoms with van der Waals surface area (Å²) < 4.78 is 0. The van der Waals surface area contributed by atoms with Gasteiger partial charge in [0.1, 0.15) is 0 Å². The van der Waals surface area contributed by atoms with Crippen LogP contribution in [-0.2, 0) is 17.4 Å². The minimum Gasteiger partial charge on any atom is -0.397 e. The van der Waals surface area contributed by atoms with Crippen molar-refractivity contribution in [3.63, 3.8) is 0 Å². The Labute approximate surface area is 272 Å². The summed E-state index contributed by atoms with van der Waals surface area (Å²) in [6.45, 7) is 8.94. The molecule has 1 heterocycles. The summed E-state index contributed by atoms with van der Waals surface area (Å²) in [7, 11) is 0. The number of aromatic nitrogens is 4. The third-order valence-corrected chi connectivity index (χ3v) is 9.19. The summed E-state index contributed by atoms with van der Waals surface area (Å²) in [5.74, 6) is 1.39. The Morgan fingerprint density at radius 3 is 1.83 bits per heavy atom. The van der Waals surface area contributed by atoms with Crippen molar-refractivity contribution in [3.8, 4) is 0 Å². The van der Waals surface area contributed by atoms with Gasteiger partial charge in [0.05, 0.1) is 16.8 Å². The van der Waals surface area contributed by atoms with Crippen molar-refractivity contribution >= 4 is 11.4 Å². The lowest BCUT2D eigenvalue weighted by molar-refractivity contribution is 0.347. The topological polar surface area (TPSA) is 95.6 Å². The minimum atomic E-state index is -0.855. The van der Waals surface area contributed by atoms with Crippen molar-refractivity contribution in [2.75, 3.05) is 11.5 Å². The molecule has 2 unspecified atom stereocenters. The third-order valence-electron chi connectivity index (χ3n) is 9.19. The Bertz CT molecular complexity index is 1730. The lowest BCUT2D eigenvalue weighted by Crippen LogP contribution is -2.40. The van der Waals surface area contributed by atoms with E-state index in [4.69, 9.17) is 26.9 Å². The first-order valence-electron chi connectivity index (χ1n) is 16.3. The molecule has 234 valence electrons. The summed E-state index contributed by atoms with van der Waals surface area (Å²) in [5, 5.41) is 15.3. The van der Waals surface area contributed by atoms with Gasteiger partial charge in [0.2, 0.25) is 0 Å². The Morgan fingerprint density at radius 2 is 1.30 bits per heavy atom. The highest BCUT2D eigenvalue weighted by Gasteiger charge is 2.47. The Morgan fingerprint density at radius 1 is 0.739 bits per heavy atom. The molecule has 6 rings (SSSR count). The van der Waals surface area contributed by atoms with Crippen molar-refractivity contribution in [2.45, 2.75) is 57.4 Å². The highest BCUT2D eigenvalue weighted by molar-refractivity contribution is 5.70. The fourth-order valence-corrected chi connectivity index (χ4v) is 7.29. The Kier molecular flexibility index (Phi) is 8.63. The number of rotatable bonds is 10. The number of hydrogen-bond acceptors (Lipinski definition) is 5. The first kappa shape index (κ1) is 31.0. The van der Waals surface area contributed by atoms with E-state index in [-0.39, 0.29) is 5.92 Å². The second-order valence-electron chi connectivity index (χ2n) is 13.3. The van der Waals surface area contributed by atoms with Gasteiger partial charge in [-0.3, -0.25) is 0 Å². The zero-order chi connectivity index (χ0) is 32.3. The van der Waals surface area contributed by atoms with Crippen LogP contribution < -0.4 is 11.5 Å².